The van der Waals surface area contributed by atoms with Gasteiger partial charge in [0.25, 0.3) is 5.91 Å². The summed E-state index contributed by atoms with van der Waals surface area (Å²) in [5, 5.41) is 3.89. The van der Waals surface area contributed by atoms with Gasteiger partial charge >= 0.3 is 0 Å². The molecule has 3 aromatic carbocycles. The van der Waals surface area contributed by atoms with Gasteiger partial charge in [-0.15, -0.1) is 0 Å². The van der Waals surface area contributed by atoms with Crippen LogP contribution >= 0.6 is 23.2 Å². The van der Waals surface area contributed by atoms with Crippen molar-refractivity contribution in [3.05, 3.63) is 99.5 Å². The van der Waals surface area contributed by atoms with Crippen molar-refractivity contribution in [2.45, 2.75) is 38.9 Å². The summed E-state index contributed by atoms with van der Waals surface area (Å²) in [6, 6.07) is 22.5. The molecular weight excluding hydrogens is 469 g/mol. The minimum absolute atomic E-state index is 0.119. The van der Waals surface area contributed by atoms with E-state index in [0.29, 0.717) is 22.2 Å². The molecule has 34 heavy (non-hydrogen) atoms. The van der Waals surface area contributed by atoms with Gasteiger partial charge in [-0.05, 0) is 44.0 Å². The van der Waals surface area contributed by atoms with E-state index in [0.717, 1.165) is 22.4 Å². The fourth-order valence-electron chi connectivity index (χ4n) is 4.04. The van der Waals surface area contributed by atoms with Crippen LogP contribution in [0.2, 0.25) is 10.0 Å². The van der Waals surface area contributed by atoms with E-state index < -0.39 is 6.17 Å². The smallest absolute Gasteiger partial charge is 0.272 e. The standard InChI is InChI=1S/C27H25Cl2N3O2/c1-17(2)32-23-11-7-6-10-21(23)25(19-8-4-3-5-9-19)31-26(27(32)34)30-24(33)15-13-18-12-14-20(28)16-22(18)29/h3-12,14,16-17,26H,13,15H2,1-2H3,(H,30,33). The van der Waals surface area contributed by atoms with E-state index in [1.165, 1.54) is 0 Å². The normalized spacial score (nSPS) is 15.6. The average Bonchev–Trinajstić information content (AvgIpc) is 2.93. The van der Waals surface area contributed by atoms with Crippen LogP contribution in [0.25, 0.3) is 0 Å². The van der Waals surface area contributed by atoms with E-state index in [9.17, 15) is 9.59 Å². The maximum atomic E-state index is 13.6. The molecule has 5 nitrogen and oxygen atoms in total. The number of amides is 2. The number of fused-ring (bicyclic) bond motifs is 1. The van der Waals surface area contributed by atoms with Crippen LogP contribution in [0.5, 0.6) is 0 Å². The number of benzodiazepines with no additional fused rings is 1. The van der Waals surface area contributed by atoms with Crippen LogP contribution in [0.15, 0.2) is 77.8 Å². The Balaban J connectivity index is 1.65. The van der Waals surface area contributed by atoms with Gasteiger partial charge in [-0.1, -0.05) is 77.8 Å². The lowest BCUT2D eigenvalue weighted by Crippen LogP contribution is -2.49. The SMILES string of the molecule is CC(C)N1C(=O)C(NC(=O)CCc2ccc(Cl)cc2Cl)N=C(c2ccccc2)c2ccccc21. The molecule has 0 saturated carbocycles. The van der Waals surface area contributed by atoms with Gasteiger partial charge < -0.3 is 10.2 Å². The van der Waals surface area contributed by atoms with Gasteiger partial charge in [-0.25, -0.2) is 4.99 Å². The van der Waals surface area contributed by atoms with Crippen LogP contribution in [0, 0.1) is 0 Å². The number of carbonyl (C=O) groups is 2. The van der Waals surface area contributed by atoms with Gasteiger partial charge in [-0.3, -0.25) is 9.59 Å². The molecule has 1 atom stereocenters. The van der Waals surface area contributed by atoms with E-state index in [-0.39, 0.29) is 24.3 Å². The fourth-order valence-corrected chi connectivity index (χ4v) is 4.54. The Morgan fingerprint density at radius 2 is 1.74 bits per heavy atom. The number of nitrogens with zero attached hydrogens (tertiary/aromatic N) is 2. The molecule has 1 unspecified atom stereocenters. The fraction of sp³-hybridized carbons (Fsp3) is 0.222. The van der Waals surface area contributed by atoms with Crippen molar-refractivity contribution in [3.63, 3.8) is 0 Å². The van der Waals surface area contributed by atoms with Gasteiger partial charge in [0.05, 0.1) is 11.4 Å². The molecule has 2 amide bonds. The highest BCUT2D eigenvalue weighted by Crippen LogP contribution is 2.30. The number of carbonyl (C=O) groups excluding carboxylic acids is 2. The maximum Gasteiger partial charge on any atom is 0.272 e. The zero-order valence-corrected chi connectivity index (χ0v) is 20.5. The quantitative estimate of drug-likeness (QED) is 0.481. The van der Waals surface area contributed by atoms with Gasteiger partial charge in [-0.2, -0.15) is 0 Å². The Morgan fingerprint density at radius 1 is 1.03 bits per heavy atom. The third-order valence-electron chi connectivity index (χ3n) is 5.65. The number of hydrogen-bond donors (Lipinski definition) is 1. The largest absolute Gasteiger partial charge is 0.327 e. The molecular formula is C27H25Cl2N3O2. The monoisotopic (exact) mass is 493 g/mol. The molecule has 0 radical (unpaired) electrons. The van der Waals surface area contributed by atoms with Gasteiger partial charge in [0, 0.05) is 33.6 Å². The molecule has 0 bridgehead atoms. The molecule has 1 N–H and O–H groups in total. The Labute approximate surface area is 209 Å². The number of nitrogens with one attached hydrogen (secondary N) is 1. The third kappa shape index (κ3) is 5.16. The molecule has 174 valence electrons. The molecule has 4 rings (SSSR count). The molecule has 0 fully saturated rings. The topological polar surface area (TPSA) is 61.8 Å². The number of anilines is 1. The average molecular weight is 494 g/mol. The van der Waals surface area contributed by atoms with Crippen LogP contribution in [0.1, 0.15) is 37.0 Å². The van der Waals surface area contributed by atoms with Gasteiger partial charge in [0.2, 0.25) is 12.1 Å². The summed E-state index contributed by atoms with van der Waals surface area (Å²) < 4.78 is 0. The Morgan fingerprint density at radius 3 is 2.44 bits per heavy atom. The van der Waals surface area contributed by atoms with Crippen molar-refractivity contribution < 1.29 is 9.59 Å². The number of halogens is 2. The lowest BCUT2D eigenvalue weighted by atomic mass is 10.00. The van der Waals surface area contributed by atoms with Gasteiger partial charge in [0.1, 0.15) is 0 Å². The zero-order valence-electron chi connectivity index (χ0n) is 19.0. The van der Waals surface area contributed by atoms with Crippen molar-refractivity contribution in [1.29, 1.82) is 0 Å². The summed E-state index contributed by atoms with van der Waals surface area (Å²) in [5.74, 6) is -0.554. The minimum atomic E-state index is -1.04. The number of aryl methyl sites for hydroxylation is 1. The summed E-state index contributed by atoms with van der Waals surface area (Å²) in [6.07, 6.45) is -0.458. The molecule has 1 heterocycles. The molecule has 0 aromatic heterocycles. The predicted molar refractivity (Wildman–Crippen MR) is 138 cm³/mol. The lowest BCUT2D eigenvalue weighted by molar-refractivity contribution is -0.127. The van der Waals surface area contributed by atoms with Crippen LogP contribution in [-0.2, 0) is 16.0 Å². The first kappa shape index (κ1) is 24.0. The van der Waals surface area contributed by atoms with Gasteiger partial charge in [0.15, 0.2) is 0 Å². The van der Waals surface area contributed by atoms with Crippen molar-refractivity contribution >= 4 is 46.4 Å². The number of benzene rings is 3. The lowest BCUT2D eigenvalue weighted by Gasteiger charge is -2.29. The second-order valence-corrected chi connectivity index (χ2v) is 9.21. The molecule has 3 aromatic rings. The summed E-state index contributed by atoms with van der Waals surface area (Å²) in [5.41, 5.74) is 3.98. The Bertz CT molecular complexity index is 1240. The summed E-state index contributed by atoms with van der Waals surface area (Å²) >= 11 is 12.2. The highest BCUT2D eigenvalue weighted by molar-refractivity contribution is 6.35. The molecule has 1 aliphatic heterocycles. The van der Waals surface area contributed by atoms with Crippen molar-refractivity contribution in [2.24, 2.45) is 4.99 Å². The van der Waals surface area contributed by atoms with E-state index in [2.05, 4.69) is 5.32 Å². The molecule has 7 heteroatoms. The summed E-state index contributed by atoms with van der Waals surface area (Å²) in [6.45, 7) is 3.90. The van der Waals surface area contributed by atoms with Crippen molar-refractivity contribution in [3.8, 4) is 0 Å². The van der Waals surface area contributed by atoms with E-state index >= 15 is 0 Å². The minimum Gasteiger partial charge on any atom is -0.327 e. The number of para-hydroxylation sites is 1. The highest BCUT2D eigenvalue weighted by Gasteiger charge is 2.34. The van der Waals surface area contributed by atoms with Crippen LogP contribution in [0.3, 0.4) is 0 Å². The first-order valence-corrected chi connectivity index (χ1v) is 11.9. The second-order valence-electron chi connectivity index (χ2n) is 8.37. The first-order valence-electron chi connectivity index (χ1n) is 11.1. The molecule has 0 saturated heterocycles. The van der Waals surface area contributed by atoms with Crippen LogP contribution < -0.4 is 10.2 Å². The predicted octanol–water partition coefficient (Wildman–Crippen LogP) is 5.66. The van der Waals surface area contributed by atoms with E-state index in [1.807, 2.05) is 68.4 Å². The molecule has 0 spiro atoms. The molecule has 1 aliphatic rings. The Hall–Kier alpha value is -3.15. The van der Waals surface area contributed by atoms with Crippen molar-refractivity contribution in [2.75, 3.05) is 4.90 Å². The summed E-state index contributed by atoms with van der Waals surface area (Å²) in [4.78, 5) is 33.0. The second kappa shape index (κ2) is 10.4. The highest BCUT2D eigenvalue weighted by atomic mass is 35.5. The van der Waals surface area contributed by atoms with Crippen LogP contribution in [-0.4, -0.2) is 29.7 Å². The molecule has 0 aliphatic carbocycles. The number of aliphatic imine (C=N–C) groups is 1. The number of rotatable bonds is 6. The third-order valence-corrected chi connectivity index (χ3v) is 6.23. The maximum absolute atomic E-state index is 13.6. The first-order chi connectivity index (χ1) is 16.3. The van der Waals surface area contributed by atoms with Crippen LogP contribution in [0.4, 0.5) is 5.69 Å². The van der Waals surface area contributed by atoms with E-state index in [1.54, 1.807) is 23.1 Å². The zero-order chi connectivity index (χ0) is 24.2. The van der Waals surface area contributed by atoms with Crippen molar-refractivity contribution in [1.82, 2.24) is 5.32 Å². The Kier molecular flexibility index (Phi) is 7.35. The number of hydrogen-bond acceptors (Lipinski definition) is 3. The van der Waals surface area contributed by atoms with E-state index in [4.69, 9.17) is 28.2 Å². The summed E-state index contributed by atoms with van der Waals surface area (Å²) in [7, 11) is 0.